The second kappa shape index (κ2) is 7.76. The van der Waals surface area contributed by atoms with Gasteiger partial charge in [-0.3, -0.25) is 14.4 Å². The predicted molar refractivity (Wildman–Crippen MR) is 73.0 cm³/mol. The summed E-state index contributed by atoms with van der Waals surface area (Å²) in [5, 5.41) is 5.19. The summed E-state index contributed by atoms with van der Waals surface area (Å²) in [6.45, 7) is 8.86. The summed E-state index contributed by atoms with van der Waals surface area (Å²) < 4.78 is 0. The first-order valence-electron chi connectivity index (χ1n) is 6.51. The number of carbonyl (C=O) groups excluding carboxylic acids is 3. The summed E-state index contributed by atoms with van der Waals surface area (Å²) in [4.78, 5) is 34.5. The molecule has 0 saturated carbocycles. The molecule has 0 aromatic carbocycles. The molecule has 0 heterocycles. The van der Waals surface area contributed by atoms with E-state index < -0.39 is 18.0 Å². The SMILES string of the molecule is CC(=O)N[C@@H](CC(C)C)C(=O)N[C@@H](C(N)=O)C(C)C. The third-order valence-corrected chi connectivity index (χ3v) is 2.67. The van der Waals surface area contributed by atoms with Gasteiger partial charge in [-0.05, 0) is 18.3 Å². The van der Waals surface area contributed by atoms with Gasteiger partial charge in [0.05, 0.1) is 0 Å². The van der Waals surface area contributed by atoms with Crippen LogP contribution in [0.4, 0.5) is 0 Å². The summed E-state index contributed by atoms with van der Waals surface area (Å²) in [5.41, 5.74) is 5.25. The van der Waals surface area contributed by atoms with Crippen LogP contribution in [-0.2, 0) is 14.4 Å². The number of primary amides is 1. The molecule has 0 bridgehead atoms. The predicted octanol–water partition coefficient (Wildman–Crippen LogP) is 0.163. The van der Waals surface area contributed by atoms with E-state index in [1.54, 1.807) is 13.8 Å². The van der Waals surface area contributed by atoms with E-state index in [0.29, 0.717) is 6.42 Å². The van der Waals surface area contributed by atoms with Crippen LogP contribution in [-0.4, -0.2) is 29.8 Å². The molecule has 0 aromatic heterocycles. The Bertz CT molecular complexity index is 340. The van der Waals surface area contributed by atoms with Crippen molar-refractivity contribution in [2.75, 3.05) is 0 Å². The van der Waals surface area contributed by atoms with Crippen molar-refractivity contribution >= 4 is 17.7 Å². The summed E-state index contributed by atoms with van der Waals surface area (Å²) in [5.74, 6) is -1.08. The van der Waals surface area contributed by atoms with Crippen LogP contribution in [0, 0.1) is 11.8 Å². The summed E-state index contributed by atoms with van der Waals surface area (Å²) in [7, 11) is 0. The Labute approximate surface area is 114 Å². The highest BCUT2D eigenvalue weighted by Crippen LogP contribution is 2.07. The molecule has 0 aliphatic heterocycles. The van der Waals surface area contributed by atoms with Gasteiger partial charge in [0.25, 0.3) is 0 Å². The van der Waals surface area contributed by atoms with E-state index >= 15 is 0 Å². The molecule has 6 heteroatoms. The Morgan fingerprint density at radius 2 is 1.58 bits per heavy atom. The first kappa shape index (κ1) is 17.4. The highest BCUT2D eigenvalue weighted by Gasteiger charge is 2.27. The van der Waals surface area contributed by atoms with Gasteiger partial charge in [-0.25, -0.2) is 0 Å². The van der Waals surface area contributed by atoms with Crippen molar-refractivity contribution in [1.82, 2.24) is 10.6 Å². The first-order valence-corrected chi connectivity index (χ1v) is 6.51. The number of nitrogens with two attached hydrogens (primary N) is 1. The molecule has 110 valence electrons. The van der Waals surface area contributed by atoms with Gasteiger partial charge in [0, 0.05) is 6.92 Å². The molecule has 0 aliphatic rings. The molecule has 6 nitrogen and oxygen atoms in total. The standard InChI is InChI=1S/C13H25N3O3/c1-7(2)6-10(15-9(5)17)13(19)16-11(8(3)4)12(14)18/h7-8,10-11H,6H2,1-5H3,(H2,14,18)(H,15,17)(H,16,19)/t10-,11+/m0/s1. The van der Waals surface area contributed by atoms with Crippen molar-refractivity contribution in [2.24, 2.45) is 17.6 Å². The second-order valence-corrected chi connectivity index (χ2v) is 5.52. The Morgan fingerprint density at radius 1 is 1.05 bits per heavy atom. The van der Waals surface area contributed by atoms with Crippen molar-refractivity contribution in [3.63, 3.8) is 0 Å². The van der Waals surface area contributed by atoms with Crippen LogP contribution >= 0.6 is 0 Å². The Hall–Kier alpha value is -1.59. The zero-order chi connectivity index (χ0) is 15.2. The van der Waals surface area contributed by atoms with E-state index in [-0.39, 0.29) is 23.7 Å². The molecule has 0 aromatic rings. The Balaban J connectivity index is 4.78. The fourth-order valence-electron chi connectivity index (χ4n) is 1.77. The number of hydrogen-bond acceptors (Lipinski definition) is 3. The zero-order valence-electron chi connectivity index (χ0n) is 12.3. The number of amides is 3. The van der Waals surface area contributed by atoms with Crippen LogP contribution in [0.3, 0.4) is 0 Å². The molecule has 0 radical (unpaired) electrons. The normalized spacial score (nSPS) is 14.1. The molecule has 0 saturated heterocycles. The van der Waals surface area contributed by atoms with Gasteiger partial charge in [-0.15, -0.1) is 0 Å². The number of carbonyl (C=O) groups is 3. The first-order chi connectivity index (χ1) is 8.65. The molecule has 2 atom stereocenters. The van der Waals surface area contributed by atoms with E-state index in [9.17, 15) is 14.4 Å². The summed E-state index contributed by atoms with van der Waals surface area (Å²) in [6.07, 6.45) is 0.509. The topological polar surface area (TPSA) is 101 Å². The monoisotopic (exact) mass is 271 g/mol. The van der Waals surface area contributed by atoms with Crippen LogP contribution in [0.15, 0.2) is 0 Å². The molecule has 0 fully saturated rings. The minimum Gasteiger partial charge on any atom is -0.368 e. The summed E-state index contributed by atoms with van der Waals surface area (Å²) >= 11 is 0. The third kappa shape index (κ3) is 6.79. The number of hydrogen-bond donors (Lipinski definition) is 3. The summed E-state index contributed by atoms with van der Waals surface area (Å²) in [6, 6.07) is -1.37. The molecular weight excluding hydrogens is 246 g/mol. The fraction of sp³-hybridized carbons (Fsp3) is 0.769. The maximum absolute atomic E-state index is 12.1. The van der Waals surface area contributed by atoms with Gasteiger partial charge in [0.1, 0.15) is 12.1 Å². The van der Waals surface area contributed by atoms with Gasteiger partial charge in [-0.1, -0.05) is 27.7 Å². The van der Waals surface area contributed by atoms with Crippen LogP contribution < -0.4 is 16.4 Å². The lowest BCUT2D eigenvalue weighted by Gasteiger charge is -2.24. The minimum absolute atomic E-state index is 0.0986. The number of rotatable bonds is 7. The van der Waals surface area contributed by atoms with Crippen LogP contribution in [0.25, 0.3) is 0 Å². The molecule has 0 spiro atoms. The average Bonchev–Trinajstić information content (AvgIpc) is 2.22. The Morgan fingerprint density at radius 3 is 1.89 bits per heavy atom. The van der Waals surface area contributed by atoms with Crippen LogP contribution in [0.1, 0.15) is 41.0 Å². The van der Waals surface area contributed by atoms with Crippen LogP contribution in [0.2, 0.25) is 0 Å². The van der Waals surface area contributed by atoms with Gasteiger partial charge in [-0.2, -0.15) is 0 Å². The number of nitrogens with one attached hydrogen (secondary N) is 2. The highest BCUT2D eigenvalue weighted by molar-refractivity contribution is 5.91. The van der Waals surface area contributed by atoms with Gasteiger partial charge < -0.3 is 16.4 Å². The quantitative estimate of drug-likeness (QED) is 0.615. The van der Waals surface area contributed by atoms with Crippen molar-refractivity contribution in [2.45, 2.75) is 53.1 Å². The third-order valence-electron chi connectivity index (χ3n) is 2.67. The smallest absolute Gasteiger partial charge is 0.243 e. The lowest BCUT2D eigenvalue weighted by molar-refractivity contribution is -0.131. The molecule has 3 amide bonds. The average molecular weight is 271 g/mol. The van der Waals surface area contributed by atoms with Crippen molar-refractivity contribution < 1.29 is 14.4 Å². The molecule has 0 aliphatic carbocycles. The van der Waals surface area contributed by atoms with E-state index in [1.807, 2.05) is 13.8 Å². The lowest BCUT2D eigenvalue weighted by atomic mass is 10.00. The lowest BCUT2D eigenvalue weighted by Crippen LogP contribution is -2.54. The van der Waals surface area contributed by atoms with Crippen molar-refractivity contribution in [3.05, 3.63) is 0 Å². The van der Waals surface area contributed by atoms with Crippen molar-refractivity contribution in [3.8, 4) is 0 Å². The zero-order valence-corrected chi connectivity index (χ0v) is 12.3. The molecular formula is C13H25N3O3. The van der Waals surface area contributed by atoms with Crippen LogP contribution in [0.5, 0.6) is 0 Å². The van der Waals surface area contributed by atoms with Gasteiger partial charge >= 0.3 is 0 Å². The minimum atomic E-state index is -0.726. The molecule has 0 rings (SSSR count). The van der Waals surface area contributed by atoms with E-state index in [0.717, 1.165) is 0 Å². The molecule has 19 heavy (non-hydrogen) atoms. The fourth-order valence-corrected chi connectivity index (χ4v) is 1.77. The largest absolute Gasteiger partial charge is 0.368 e. The van der Waals surface area contributed by atoms with E-state index in [2.05, 4.69) is 10.6 Å². The molecule has 0 unspecified atom stereocenters. The maximum atomic E-state index is 12.1. The second-order valence-electron chi connectivity index (χ2n) is 5.52. The maximum Gasteiger partial charge on any atom is 0.243 e. The van der Waals surface area contributed by atoms with Crippen molar-refractivity contribution in [1.29, 1.82) is 0 Å². The van der Waals surface area contributed by atoms with E-state index in [1.165, 1.54) is 6.92 Å². The molecule has 4 N–H and O–H groups in total. The Kier molecular flexibility index (Phi) is 7.11. The highest BCUT2D eigenvalue weighted by atomic mass is 16.2. The van der Waals surface area contributed by atoms with Gasteiger partial charge in [0.2, 0.25) is 17.7 Å². The van der Waals surface area contributed by atoms with Gasteiger partial charge in [0.15, 0.2) is 0 Å². The van der Waals surface area contributed by atoms with E-state index in [4.69, 9.17) is 5.73 Å².